The number of ether oxygens (including phenoxy) is 3. The van der Waals surface area contributed by atoms with Crippen LogP contribution in [-0.4, -0.2) is 42.1 Å². The van der Waals surface area contributed by atoms with Crippen LogP contribution in [0.4, 0.5) is 4.79 Å². The molecule has 0 aliphatic carbocycles. The molecule has 5 unspecified atom stereocenters. The maximum atomic E-state index is 14.3. The van der Waals surface area contributed by atoms with Gasteiger partial charge < -0.3 is 14.2 Å². The molecule has 2 aliphatic rings. The number of nitrogens with zero attached hydrogens (tertiary/aromatic N) is 1. The van der Waals surface area contributed by atoms with E-state index in [2.05, 4.69) is 0 Å². The molecule has 0 radical (unpaired) electrons. The first-order chi connectivity index (χ1) is 18.3. The topological polar surface area (TPSA) is 82.1 Å². The molecular formula is C31H33NO6. The van der Waals surface area contributed by atoms with Gasteiger partial charge in [-0.1, -0.05) is 93.6 Å². The summed E-state index contributed by atoms with van der Waals surface area (Å²) in [6.07, 6.45) is -1.45. The van der Waals surface area contributed by atoms with Gasteiger partial charge in [0.25, 0.3) is 0 Å². The Morgan fingerprint density at radius 3 is 2.42 bits per heavy atom. The minimum absolute atomic E-state index is 0.00563. The summed E-state index contributed by atoms with van der Waals surface area (Å²) in [5, 5.41) is 1.79. The van der Waals surface area contributed by atoms with Crippen molar-refractivity contribution in [3.8, 4) is 0 Å². The van der Waals surface area contributed by atoms with Crippen LogP contribution in [-0.2, 0) is 29.4 Å². The zero-order chi connectivity index (χ0) is 27.0. The lowest BCUT2D eigenvalue weighted by Gasteiger charge is -2.33. The van der Waals surface area contributed by atoms with E-state index in [1.165, 1.54) is 4.90 Å². The second kappa shape index (κ2) is 10.2. The van der Waals surface area contributed by atoms with Crippen LogP contribution in [0.2, 0.25) is 0 Å². The maximum absolute atomic E-state index is 14.3. The number of cyclic esters (lactones) is 1. The summed E-state index contributed by atoms with van der Waals surface area (Å²) in [5.41, 5.74) is -0.186. The van der Waals surface area contributed by atoms with E-state index >= 15 is 0 Å². The number of carbonyl (C=O) groups excluding carboxylic acids is 3. The van der Waals surface area contributed by atoms with Gasteiger partial charge in [0.1, 0.15) is 6.61 Å². The molecule has 0 spiro atoms. The Hall–Kier alpha value is -3.71. The van der Waals surface area contributed by atoms with Crippen molar-refractivity contribution in [1.29, 1.82) is 0 Å². The molecule has 7 heteroatoms. The predicted octanol–water partition coefficient (Wildman–Crippen LogP) is 5.63. The fourth-order valence-corrected chi connectivity index (χ4v) is 5.94. The highest BCUT2D eigenvalue weighted by atomic mass is 16.6. The average Bonchev–Trinajstić information content (AvgIpc) is 3.47. The molecule has 2 amide bonds. The molecule has 2 saturated heterocycles. The van der Waals surface area contributed by atoms with Gasteiger partial charge in [-0.3, -0.25) is 4.79 Å². The lowest BCUT2D eigenvalue weighted by Crippen LogP contribution is -2.48. The van der Waals surface area contributed by atoms with Crippen molar-refractivity contribution in [3.05, 3.63) is 83.9 Å². The normalized spacial score (nSPS) is 27.1. The number of benzene rings is 3. The van der Waals surface area contributed by atoms with Crippen molar-refractivity contribution >= 4 is 28.7 Å². The zero-order valence-electron chi connectivity index (χ0n) is 22.1. The number of fused-ring (bicyclic) bond motifs is 1. The van der Waals surface area contributed by atoms with Gasteiger partial charge in [0.2, 0.25) is 5.91 Å². The highest BCUT2D eigenvalue weighted by Gasteiger charge is 2.63. The molecule has 2 heterocycles. The van der Waals surface area contributed by atoms with E-state index in [-0.39, 0.29) is 19.1 Å². The first-order valence-corrected chi connectivity index (χ1v) is 13.2. The van der Waals surface area contributed by atoms with Crippen LogP contribution in [0.25, 0.3) is 10.8 Å². The molecular weight excluding hydrogens is 482 g/mol. The minimum atomic E-state index is -1.57. The second-order valence-electron chi connectivity index (χ2n) is 10.3. The summed E-state index contributed by atoms with van der Waals surface area (Å²) in [4.78, 5) is 42.3. The molecule has 0 N–H and O–H groups in total. The minimum Gasteiger partial charge on any atom is -0.464 e. The third kappa shape index (κ3) is 4.06. The summed E-state index contributed by atoms with van der Waals surface area (Å²) >= 11 is 0. The number of amides is 2. The van der Waals surface area contributed by atoms with E-state index in [1.54, 1.807) is 6.92 Å². The lowest BCUT2D eigenvalue weighted by atomic mass is 9.74. The van der Waals surface area contributed by atoms with Crippen molar-refractivity contribution in [1.82, 2.24) is 4.90 Å². The summed E-state index contributed by atoms with van der Waals surface area (Å²) < 4.78 is 17.8. The zero-order valence-corrected chi connectivity index (χ0v) is 22.1. The van der Waals surface area contributed by atoms with Crippen molar-refractivity contribution in [2.75, 3.05) is 13.2 Å². The fourth-order valence-electron chi connectivity index (χ4n) is 5.94. The third-order valence-electron chi connectivity index (χ3n) is 7.91. The molecule has 2 aliphatic heterocycles. The molecule has 3 aromatic rings. The van der Waals surface area contributed by atoms with Crippen molar-refractivity contribution in [2.24, 2.45) is 17.8 Å². The summed E-state index contributed by atoms with van der Waals surface area (Å²) in [6, 6.07) is 22.5. The van der Waals surface area contributed by atoms with Gasteiger partial charge in [0.05, 0.1) is 24.7 Å². The van der Waals surface area contributed by atoms with Gasteiger partial charge >= 0.3 is 12.1 Å². The molecule has 0 saturated carbocycles. The highest BCUT2D eigenvalue weighted by Crippen LogP contribution is 2.56. The Labute approximate surface area is 222 Å². The SMILES string of the molecule is CCOC(=O)C1(c2cccc3ccccc23)OC(c2ccccc2)C(C(=O)N2C(=O)OCC2C(C)C)C1C. The highest BCUT2D eigenvalue weighted by molar-refractivity contribution is 5.98. The Balaban J connectivity index is 1.71. The van der Waals surface area contributed by atoms with Crippen LogP contribution in [0, 0.1) is 17.8 Å². The van der Waals surface area contributed by atoms with Gasteiger partial charge in [0, 0.05) is 11.5 Å². The summed E-state index contributed by atoms with van der Waals surface area (Å²) in [7, 11) is 0. The van der Waals surface area contributed by atoms with Gasteiger partial charge in [-0.25, -0.2) is 14.5 Å². The van der Waals surface area contributed by atoms with Crippen LogP contribution in [0.3, 0.4) is 0 Å². The molecule has 198 valence electrons. The van der Waals surface area contributed by atoms with Crippen molar-refractivity contribution in [3.63, 3.8) is 0 Å². The Bertz CT molecular complexity index is 1350. The maximum Gasteiger partial charge on any atom is 0.416 e. The van der Waals surface area contributed by atoms with E-state index in [1.807, 2.05) is 93.6 Å². The smallest absolute Gasteiger partial charge is 0.416 e. The third-order valence-corrected chi connectivity index (χ3v) is 7.91. The average molecular weight is 516 g/mol. The van der Waals surface area contributed by atoms with E-state index < -0.39 is 47.6 Å². The number of hydrogen-bond acceptors (Lipinski definition) is 6. The van der Waals surface area contributed by atoms with E-state index in [0.29, 0.717) is 5.56 Å². The number of hydrogen-bond donors (Lipinski definition) is 0. The van der Waals surface area contributed by atoms with Crippen LogP contribution in [0.15, 0.2) is 72.8 Å². The Morgan fingerprint density at radius 1 is 1.03 bits per heavy atom. The van der Waals surface area contributed by atoms with E-state index in [0.717, 1.165) is 16.3 Å². The number of esters is 1. The van der Waals surface area contributed by atoms with Gasteiger partial charge in [0.15, 0.2) is 5.60 Å². The van der Waals surface area contributed by atoms with Gasteiger partial charge in [-0.05, 0) is 29.2 Å². The number of imide groups is 1. The molecule has 3 aromatic carbocycles. The quantitative estimate of drug-likeness (QED) is 0.396. The second-order valence-corrected chi connectivity index (χ2v) is 10.3. The number of rotatable bonds is 6. The largest absolute Gasteiger partial charge is 0.464 e. The fraction of sp³-hybridized carbons (Fsp3) is 0.387. The van der Waals surface area contributed by atoms with Gasteiger partial charge in [-0.15, -0.1) is 0 Å². The molecule has 0 bridgehead atoms. The molecule has 5 atom stereocenters. The monoisotopic (exact) mass is 515 g/mol. The van der Waals surface area contributed by atoms with Crippen molar-refractivity contribution < 1.29 is 28.6 Å². The van der Waals surface area contributed by atoms with E-state index in [4.69, 9.17) is 14.2 Å². The van der Waals surface area contributed by atoms with Crippen LogP contribution in [0.5, 0.6) is 0 Å². The predicted molar refractivity (Wildman–Crippen MR) is 142 cm³/mol. The van der Waals surface area contributed by atoms with Crippen LogP contribution >= 0.6 is 0 Å². The lowest BCUT2D eigenvalue weighted by molar-refractivity contribution is -0.176. The molecule has 7 nitrogen and oxygen atoms in total. The molecule has 0 aromatic heterocycles. The summed E-state index contributed by atoms with van der Waals surface area (Å²) in [5.74, 6) is -2.45. The van der Waals surface area contributed by atoms with Gasteiger partial charge in [-0.2, -0.15) is 0 Å². The Morgan fingerprint density at radius 2 is 1.71 bits per heavy atom. The number of carbonyl (C=O) groups is 3. The molecule has 5 rings (SSSR count). The van der Waals surface area contributed by atoms with E-state index in [9.17, 15) is 14.4 Å². The summed E-state index contributed by atoms with van der Waals surface area (Å²) in [6.45, 7) is 7.80. The van der Waals surface area contributed by atoms with Crippen LogP contribution in [0.1, 0.15) is 44.9 Å². The Kier molecular flexibility index (Phi) is 6.97. The first kappa shape index (κ1) is 25.9. The molecule has 2 fully saturated rings. The van der Waals surface area contributed by atoms with Crippen molar-refractivity contribution in [2.45, 2.75) is 45.4 Å². The first-order valence-electron chi connectivity index (χ1n) is 13.2. The molecule has 38 heavy (non-hydrogen) atoms. The van der Waals surface area contributed by atoms with Crippen LogP contribution < -0.4 is 0 Å². The standard InChI is InChI=1S/C31H33NO6/c1-5-36-29(34)31(24-17-11-15-21-12-9-10-16-23(21)24)20(4)26(27(38-31)22-13-7-6-8-14-22)28(33)32-25(19(2)3)18-37-30(32)35/h6-17,19-20,25-27H,5,18H2,1-4H3.